The van der Waals surface area contributed by atoms with Gasteiger partial charge in [-0.25, -0.2) is 0 Å². The first-order chi connectivity index (χ1) is 10.7. The first-order valence-electron chi connectivity index (χ1n) is 6.49. The van der Waals surface area contributed by atoms with Gasteiger partial charge in [-0.05, 0) is 31.2 Å². The number of rotatable bonds is 4. The molecule has 0 bridgehead atoms. The fourth-order valence-electron chi connectivity index (χ4n) is 2.02. The molecular formula is C13H15F3N6O. The number of benzene rings is 1. The zero-order valence-electron chi connectivity index (χ0n) is 12.1. The maximum atomic E-state index is 12.9. The highest BCUT2D eigenvalue weighted by Gasteiger charge is 2.46. The Balaban J connectivity index is 2.22. The standard InChI is InChI=1S/C13H15F3N6O/c1-6(9-10(13(14,15)16)21-22-11(9)17)20-7-2-4-8(5-3-7)23-12(18)19/h2-5,9,12H,18-19H2,1H3,(H2,17,22). The van der Waals surface area contributed by atoms with Crippen LogP contribution in [-0.2, 0) is 0 Å². The monoisotopic (exact) mass is 328 g/mol. The third-order valence-corrected chi connectivity index (χ3v) is 2.96. The summed E-state index contributed by atoms with van der Waals surface area (Å²) in [6.45, 7) is 1.43. The van der Waals surface area contributed by atoms with Crippen LogP contribution in [0.5, 0.6) is 5.75 Å². The number of nitrogens with zero attached hydrogens (tertiary/aromatic N) is 3. The Morgan fingerprint density at radius 1 is 1.22 bits per heavy atom. The molecule has 2 rings (SSSR count). The van der Waals surface area contributed by atoms with E-state index < -0.39 is 24.2 Å². The Morgan fingerprint density at radius 2 is 1.83 bits per heavy atom. The lowest BCUT2D eigenvalue weighted by Gasteiger charge is -2.15. The van der Waals surface area contributed by atoms with E-state index in [-0.39, 0.29) is 11.5 Å². The third-order valence-electron chi connectivity index (χ3n) is 2.96. The molecule has 6 N–H and O–H groups in total. The number of nitrogens with two attached hydrogens (primary N) is 3. The minimum absolute atomic E-state index is 0.129. The molecular weight excluding hydrogens is 313 g/mol. The second kappa shape index (κ2) is 6.34. The number of hydrogen-bond acceptors (Lipinski definition) is 7. The van der Waals surface area contributed by atoms with E-state index in [9.17, 15) is 13.2 Å². The lowest BCUT2D eigenvalue weighted by Crippen LogP contribution is -2.39. The van der Waals surface area contributed by atoms with Gasteiger partial charge in [0.25, 0.3) is 0 Å². The number of alkyl halides is 3. The van der Waals surface area contributed by atoms with Gasteiger partial charge >= 0.3 is 6.18 Å². The van der Waals surface area contributed by atoms with Crippen molar-refractivity contribution in [1.82, 2.24) is 0 Å². The Morgan fingerprint density at radius 3 is 2.35 bits per heavy atom. The SMILES string of the molecule is CC(=Nc1ccc(OC(N)N)cc1)C1C(N)=NN=C1C(F)(F)F. The molecule has 0 amide bonds. The lowest BCUT2D eigenvalue weighted by atomic mass is 9.97. The molecule has 0 fully saturated rings. The molecule has 23 heavy (non-hydrogen) atoms. The summed E-state index contributed by atoms with van der Waals surface area (Å²) in [7, 11) is 0. The van der Waals surface area contributed by atoms with Gasteiger partial charge < -0.3 is 10.5 Å². The first-order valence-corrected chi connectivity index (χ1v) is 6.49. The normalized spacial score (nSPS) is 18.9. The van der Waals surface area contributed by atoms with Gasteiger partial charge in [-0.1, -0.05) is 0 Å². The number of ether oxygens (including phenoxy) is 1. The third kappa shape index (κ3) is 4.05. The van der Waals surface area contributed by atoms with Crippen molar-refractivity contribution in [2.45, 2.75) is 19.5 Å². The number of aliphatic imine (C=N–C) groups is 1. The molecule has 0 aliphatic carbocycles. The van der Waals surface area contributed by atoms with Crippen LogP contribution in [0.3, 0.4) is 0 Å². The van der Waals surface area contributed by atoms with Crippen LogP contribution in [0.25, 0.3) is 0 Å². The zero-order chi connectivity index (χ0) is 17.2. The molecule has 124 valence electrons. The zero-order valence-corrected chi connectivity index (χ0v) is 12.1. The van der Waals surface area contributed by atoms with Gasteiger partial charge in [-0.15, -0.1) is 10.2 Å². The van der Waals surface area contributed by atoms with Crippen molar-refractivity contribution >= 4 is 22.9 Å². The highest BCUT2D eigenvalue weighted by atomic mass is 19.4. The Hall–Kier alpha value is -2.46. The van der Waals surface area contributed by atoms with Gasteiger partial charge in [0.2, 0.25) is 6.35 Å². The van der Waals surface area contributed by atoms with Crippen LogP contribution in [0.1, 0.15) is 6.92 Å². The molecule has 0 aromatic heterocycles. The summed E-state index contributed by atoms with van der Waals surface area (Å²) < 4.78 is 43.8. The van der Waals surface area contributed by atoms with Crippen LogP contribution < -0.4 is 21.9 Å². The second-order valence-corrected chi connectivity index (χ2v) is 4.77. The quantitative estimate of drug-likeness (QED) is 0.568. The summed E-state index contributed by atoms with van der Waals surface area (Å²) in [6.07, 6.45) is -5.59. The summed E-state index contributed by atoms with van der Waals surface area (Å²) in [5, 5.41) is 6.41. The van der Waals surface area contributed by atoms with Gasteiger partial charge in [0.15, 0.2) is 5.71 Å². The van der Waals surface area contributed by atoms with E-state index in [0.717, 1.165) is 0 Å². The number of hydrogen-bond donors (Lipinski definition) is 3. The predicted molar refractivity (Wildman–Crippen MR) is 80.6 cm³/mol. The van der Waals surface area contributed by atoms with Crippen LogP contribution in [0, 0.1) is 5.92 Å². The number of halogens is 3. The fraction of sp³-hybridized carbons (Fsp3) is 0.308. The number of amidine groups is 1. The summed E-state index contributed by atoms with van der Waals surface area (Å²) in [5.41, 5.74) is 15.5. The fourth-order valence-corrected chi connectivity index (χ4v) is 2.02. The van der Waals surface area contributed by atoms with Crippen LogP contribution in [-0.4, -0.2) is 29.8 Å². The summed E-state index contributed by atoms with van der Waals surface area (Å²) in [4.78, 5) is 4.13. The van der Waals surface area contributed by atoms with Crippen molar-refractivity contribution in [1.29, 1.82) is 0 Å². The van der Waals surface area contributed by atoms with Crippen molar-refractivity contribution in [3.8, 4) is 5.75 Å². The van der Waals surface area contributed by atoms with E-state index in [4.69, 9.17) is 21.9 Å². The van der Waals surface area contributed by atoms with Crippen molar-refractivity contribution in [2.75, 3.05) is 0 Å². The lowest BCUT2D eigenvalue weighted by molar-refractivity contribution is -0.0606. The second-order valence-electron chi connectivity index (χ2n) is 4.77. The molecule has 1 aliphatic rings. The summed E-state index contributed by atoms with van der Waals surface area (Å²) in [5.74, 6) is -1.12. The summed E-state index contributed by atoms with van der Waals surface area (Å²) >= 11 is 0. The molecule has 10 heteroatoms. The minimum atomic E-state index is -4.62. The van der Waals surface area contributed by atoms with Crippen LogP contribution in [0.2, 0.25) is 0 Å². The molecule has 0 radical (unpaired) electrons. The molecule has 0 saturated heterocycles. The predicted octanol–water partition coefficient (Wildman–Crippen LogP) is 1.26. The Labute approximate surface area is 129 Å². The van der Waals surface area contributed by atoms with Crippen molar-refractivity contribution < 1.29 is 17.9 Å². The van der Waals surface area contributed by atoms with E-state index in [2.05, 4.69) is 15.2 Å². The van der Waals surface area contributed by atoms with E-state index in [1.807, 2.05) is 0 Å². The average Bonchev–Trinajstić information content (AvgIpc) is 2.82. The minimum Gasteiger partial charge on any atom is -0.463 e. The first kappa shape index (κ1) is 16.9. The topological polar surface area (TPSA) is 124 Å². The molecule has 7 nitrogen and oxygen atoms in total. The molecule has 1 unspecified atom stereocenters. The van der Waals surface area contributed by atoms with Gasteiger partial charge in [0.1, 0.15) is 17.5 Å². The van der Waals surface area contributed by atoms with Crippen LogP contribution in [0.15, 0.2) is 39.5 Å². The van der Waals surface area contributed by atoms with Gasteiger partial charge in [-0.2, -0.15) is 13.2 Å². The van der Waals surface area contributed by atoms with Crippen LogP contribution >= 0.6 is 0 Å². The van der Waals surface area contributed by atoms with Crippen LogP contribution in [0.4, 0.5) is 18.9 Å². The maximum absolute atomic E-state index is 12.9. The van der Waals surface area contributed by atoms with E-state index in [1.165, 1.54) is 6.92 Å². The van der Waals surface area contributed by atoms with Crippen molar-refractivity contribution in [3.05, 3.63) is 24.3 Å². The molecule has 0 spiro atoms. The van der Waals surface area contributed by atoms with Crippen molar-refractivity contribution in [2.24, 2.45) is 38.3 Å². The molecule has 1 atom stereocenters. The van der Waals surface area contributed by atoms with Gasteiger partial charge in [0.05, 0.1) is 5.69 Å². The van der Waals surface area contributed by atoms with Gasteiger partial charge in [0, 0.05) is 5.71 Å². The van der Waals surface area contributed by atoms with Gasteiger partial charge in [-0.3, -0.25) is 16.5 Å². The summed E-state index contributed by atoms with van der Waals surface area (Å²) in [6, 6.07) is 6.19. The van der Waals surface area contributed by atoms with E-state index >= 15 is 0 Å². The molecule has 1 aromatic rings. The van der Waals surface area contributed by atoms with Crippen molar-refractivity contribution in [3.63, 3.8) is 0 Å². The van der Waals surface area contributed by atoms with E-state index in [1.54, 1.807) is 24.3 Å². The maximum Gasteiger partial charge on any atom is 0.432 e. The Bertz CT molecular complexity index is 663. The average molecular weight is 328 g/mol. The molecule has 1 aliphatic heterocycles. The smallest absolute Gasteiger partial charge is 0.432 e. The highest BCUT2D eigenvalue weighted by Crippen LogP contribution is 2.28. The highest BCUT2D eigenvalue weighted by molar-refractivity contribution is 6.26. The molecule has 1 aromatic carbocycles. The molecule has 0 saturated carbocycles. The Kier molecular flexibility index (Phi) is 4.66. The molecule has 1 heterocycles. The largest absolute Gasteiger partial charge is 0.463 e. The van der Waals surface area contributed by atoms with E-state index in [0.29, 0.717) is 11.4 Å².